The fraction of sp³-hybridized carbons (Fsp3) is 0.333. The summed E-state index contributed by atoms with van der Waals surface area (Å²) in [5.74, 6) is -1.64. The molecule has 2 atom stereocenters. The van der Waals surface area contributed by atoms with E-state index in [0.29, 0.717) is 4.47 Å². The van der Waals surface area contributed by atoms with E-state index in [9.17, 15) is 19.7 Å². The Kier molecular flexibility index (Phi) is 4.53. The highest BCUT2D eigenvalue weighted by Gasteiger charge is 2.34. The van der Waals surface area contributed by atoms with Crippen LogP contribution in [0.15, 0.2) is 22.7 Å². The van der Waals surface area contributed by atoms with Crippen LogP contribution in [-0.2, 0) is 14.3 Å². The Morgan fingerprint density at radius 2 is 2.05 bits per heavy atom. The van der Waals surface area contributed by atoms with Crippen LogP contribution in [0.5, 0.6) is 0 Å². The second kappa shape index (κ2) is 6.19. The van der Waals surface area contributed by atoms with Crippen molar-refractivity contribution in [3.63, 3.8) is 0 Å². The van der Waals surface area contributed by atoms with Crippen LogP contribution < -0.4 is 5.32 Å². The number of carboxylic acid groups (broad SMARTS) is 1. The molecule has 1 aromatic carbocycles. The number of benzene rings is 1. The molecule has 0 aromatic heterocycles. The summed E-state index contributed by atoms with van der Waals surface area (Å²) in [5.41, 5.74) is 0.0702. The highest BCUT2D eigenvalue weighted by atomic mass is 79.9. The Balaban J connectivity index is 2.08. The standard InChI is InChI=1S/C12H11BrN2O6/c13-7-2-1-6(15(19)20)5-8(7)14-11(16)9-3-4-10(21-9)12(17)18/h1-2,5,9-10H,3-4H2,(H,14,16)(H,17,18)/t9-,10+/m0/s1. The molecule has 112 valence electrons. The third-order valence-electron chi connectivity index (χ3n) is 3.01. The number of aliphatic carboxylic acids is 1. The van der Waals surface area contributed by atoms with E-state index in [1.807, 2.05) is 0 Å². The lowest BCUT2D eigenvalue weighted by atomic mass is 10.2. The van der Waals surface area contributed by atoms with Crippen molar-refractivity contribution < 1.29 is 24.4 Å². The van der Waals surface area contributed by atoms with Gasteiger partial charge in [-0.05, 0) is 34.8 Å². The predicted octanol–water partition coefficient (Wildman–Crippen LogP) is 1.93. The van der Waals surface area contributed by atoms with Gasteiger partial charge in [-0.2, -0.15) is 0 Å². The fourth-order valence-corrected chi connectivity index (χ4v) is 2.29. The van der Waals surface area contributed by atoms with Crippen LogP contribution in [0.3, 0.4) is 0 Å². The zero-order chi connectivity index (χ0) is 15.6. The van der Waals surface area contributed by atoms with Crippen LogP contribution in [-0.4, -0.2) is 34.1 Å². The summed E-state index contributed by atoms with van der Waals surface area (Å²) < 4.78 is 5.59. The normalized spacial score (nSPS) is 21.0. The van der Waals surface area contributed by atoms with Crippen molar-refractivity contribution in [2.24, 2.45) is 0 Å². The van der Waals surface area contributed by atoms with Crippen LogP contribution in [0.1, 0.15) is 12.8 Å². The maximum absolute atomic E-state index is 12.0. The van der Waals surface area contributed by atoms with E-state index in [4.69, 9.17) is 9.84 Å². The lowest BCUT2D eigenvalue weighted by Crippen LogP contribution is -2.30. The number of nitro groups is 1. The SMILES string of the molecule is O=C(Nc1cc([N+](=O)[O-])ccc1Br)[C@@H]1CC[C@H](C(=O)O)O1. The summed E-state index contributed by atoms with van der Waals surface area (Å²) in [6.45, 7) is 0. The minimum atomic E-state index is -1.11. The molecule has 1 aliphatic rings. The minimum Gasteiger partial charge on any atom is -0.479 e. The number of carboxylic acids is 1. The smallest absolute Gasteiger partial charge is 0.332 e. The molecule has 1 heterocycles. The number of carbonyl (C=O) groups is 2. The molecule has 1 fully saturated rings. The van der Waals surface area contributed by atoms with Crippen molar-refractivity contribution in [2.75, 3.05) is 5.32 Å². The largest absolute Gasteiger partial charge is 0.479 e. The van der Waals surface area contributed by atoms with Crippen LogP contribution in [0.2, 0.25) is 0 Å². The van der Waals surface area contributed by atoms with E-state index in [1.165, 1.54) is 18.2 Å². The van der Waals surface area contributed by atoms with Crippen molar-refractivity contribution in [1.82, 2.24) is 0 Å². The van der Waals surface area contributed by atoms with Crippen LogP contribution >= 0.6 is 15.9 Å². The molecule has 0 unspecified atom stereocenters. The van der Waals surface area contributed by atoms with Crippen molar-refractivity contribution in [1.29, 1.82) is 0 Å². The Labute approximate surface area is 127 Å². The van der Waals surface area contributed by atoms with Gasteiger partial charge in [0, 0.05) is 16.6 Å². The number of anilines is 1. The van der Waals surface area contributed by atoms with Gasteiger partial charge in [0.05, 0.1) is 10.6 Å². The molecular formula is C12H11BrN2O6. The van der Waals surface area contributed by atoms with E-state index in [-0.39, 0.29) is 24.2 Å². The second-order valence-corrected chi connectivity index (χ2v) is 5.29. The molecule has 0 spiro atoms. The van der Waals surface area contributed by atoms with Gasteiger partial charge in [0.15, 0.2) is 6.10 Å². The topological polar surface area (TPSA) is 119 Å². The molecule has 2 rings (SSSR count). The maximum atomic E-state index is 12.0. The number of hydrogen-bond acceptors (Lipinski definition) is 5. The highest BCUT2D eigenvalue weighted by Crippen LogP contribution is 2.28. The van der Waals surface area contributed by atoms with E-state index in [2.05, 4.69) is 21.2 Å². The zero-order valence-corrected chi connectivity index (χ0v) is 12.2. The van der Waals surface area contributed by atoms with Crippen molar-refractivity contribution in [3.05, 3.63) is 32.8 Å². The van der Waals surface area contributed by atoms with E-state index >= 15 is 0 Å². The summed E-state index contributed by atoms with van der Waals surface area (Å²) in [7, 11) is 0. The van der Waals surface area contributed by atoms with Crippen molar-refractivity contribution >= 4 is 39.2 Å². The number of halogens is 1. The molecule has 1 aromatic rings. The van der Waals surface area contributed by atoms with Gasteiger partial charge in [0.2, 0.25) is 0 Å². The molecule has 0 saturated carbocycles. The first-order valence-corrected chi connectivity index (χ1v) is 6.81. The average molecular weight is 359 g/mol. The monoisotopic (exact) mass is 358 g/mol. The molecule has 0 radical (unpaired) electrons. The van der Waals surface area contributed by atoms with Gasteiger partial charge < -0.3 is 15.2 Å². The number of amides is 1. The van der Waals surface area contributed by atoms with Gasteiger partial charge in [0.1, 0.15) is 6.10 Å². The number of ether oxygens (including phenoxy) is 1. The summed E-state index contributed by atoms with van der Waals surface area (Å²) in [6.07, 6.45) is -1.33. The number of carbonyl (C=O) groups excluding carboxylic acids is 1. The maximum Gasteiger partial charge on any atom is 0.332 e. The van der Waals surface area contributed by atoms with Gasteiger partial charge in [0.25, 0.3) is 11.6 Å². The molecule has 21 heavy (non-hydrogen) atoms. The number of non-ortho nitro benzene ring substituents is 1. The molecular weight excluding hydrogens is 348 g/mol. The van der Waals surface area contributed by atoms with Gasteiger partial charge in [-0.15, -0.1) is 0 Å². The van der Waals surface area contributed by atoms with Crippen LogP contribution in [0.4, 0.5) is 11.4 Å². The summed E-state index contributed by atoms with van der Waals surface area (Å²) in [4.78, 5) is 32.9. The molecule has 8 nitrogen and oxygen atoms in total. The first-order valence-electron chi connectivity index (χ1n) is 6.01. The highest BCUT2D eigenvalue weighted by molar-refractivity contribution is 9.10. The lowest BCUT2D eigenvalue weighted by molar-refractivity contribution is -0.384. The number of hydrogen-bond donors (Lipinski definition) is 2. The Bertz CT molecular complexity index is 605. The van der Waals surface area contributed by atoms with Gasteiger partial charge in [-0.1, -0.05) is 0 Å². The number of rotatable bonds is 4. The summed E-state index contributed by atoms with van der Waals surface area (Å²) in [6, 6.07) is 3.96. The van der Waals surface area contributed by atoms with Gasteiger partial charge >= 0.3 is 5.97 Å². The molecule has 0 aliphatic carbocycles. The molecule has 1 amide bonds. The van der Waals surface area contributed by atoms with E-state index in [0.717, 1.165) is 0 Å². The van der Waals surface area contributed by atoms with Crippen LogP contribution in [0, 0.1) is 10.1 Å². The van der Waals surface area contributed by atoms with Crippen molar-refractivity contribution in [2.45, 2.75) is 25.0 Å². The Morgan fingerprint density at radius 1 is 1.38 bits per heavy atom. The lowest BCUT2D eigenvalue weighted by Gasteiger charge is -2.12. The van der Waals surface area contributed by atoms with Gasteiger partial charge in [-0.25, -0.2) is 4.79 Å². The molecule has 1 aliphatic heterocycles. The fourth-order valence-electron chi connectivity index (χ4n) is 1.95. The number of nitrogens with zero attached hydrogens (tertiary/aromatic N) is 1. The number of nitro benzene ring substituents is 1. The van der Waals surface area contributed by atoms with Gasteiger partial charge in [-0.3, -0.25) is 14.9 Å². The van der Waals surface area contributed by atoms with Crippen molar-refractivity contribution in [3.8, 4) is 0 Å². The Morgan fingerprint density at radius 3 is 2.62 bits per heavy atom. The first kappa shape index (κ1) is 15.4. The molecule has 1 saturated heterocycles. The number of nitrogens with one attached hydrogen (secondary N) is 1. The summed E-state index contributed by atoms with van der Waals surface area (Å²) >= 11 is 3.18. The molecule has 2 N–H and O–H groups in total. The second-order valence-electron chi connectivity index (χ2n) is 4.44. The summed E-state index contributed by atoms with van der Waals surface area (Å²) in [5, 5.41) is 22.0. The average Bonchev–Trinajstić information content (AvgIpc) is 2.90. The first-order chi connectivity index (χ1) is 9.88. The third kappa shape index (κ3) is 3.56. The molecule has 9 heteroatoms. The zero-order valence-electron chi connectivity index (χ0n) is 10.6. The van der Waals surface area contributed by atoms with E-state index < -0.39 is 29.0 Å². The molecule has 0 bridgehead atoms. The van der Waals surface area contributed by atoms with Crippen LogP contribution in [0.25, 0.3) is 0 Å². The third-order valence-corrected chi connectivity index (χ3v) is 3.70. The van der Waals surface area contributed by atoms with E-state index in [1.54, 1.807) is 0 Å². The quantitative estimate of drug-likeness (QED) is 0.626. The predicted molar refractivity (Wildman–Crippen MR) is 75.0 cm³/mol. The Hall–Kier alpha value is -2.00. The minimum absolute atomic E-state index is 0.163.